The van der Waals surface area contributed by atoms with E-state index < -0.39 is 0 Å². The number of anilines is 2. The second-order valence-electron chi connectivity index (χ2n) is 14.4. The van der Waals surface area contributed by atoms with Gasteiger partial charge < -0.3 is 24.5 Å². The highest BCUT2D eigenvalue weighted by Crippen LogP contribution is 2.50. The molecule has 0 spiro atoms. The van der Waals surface area contributed by atoms with Crippen LogP contribution in [0.5, 0.6) is 11.5 Å². The summed E-state index contributed by atoms with van der Waals surface area (Å²) in [4.78, 5) is 21.3. The molecule has 4 aliphatic heterocycles. The summed E-state index contributed by atoms with van der Waals surface area (Å²) < 4.78 is 22.4. The van der Waals surface area contributed by atoms with Crippen molar-refractivity contribution in [3.63, 3.8) is 0 Å². The maximum absolute atomic E-state index is 16.1. The van der Waals surface area contributed by atoms with Crippen LogP contribution >= 0.6 is 0 Å². The van der Waals surface area contributed by atoms with E-state index in [1.165, 1.54) is 5.69 Å². The van der Waals surface area contributed by atoms with Gasteiger partial charge >= 0.3 is 0 Å². The number of phenolic OH excluding ortho intramolecular Hbond substituents is 1. The summed E-state index contributed by atoms with van der Waals surface area (Å²) in [6.45, 7) is 9.59. The predicted molar refractivity (Wildman–Crippen MR) is 191 cm³/mol. The monoisotopic (exact) mass is 660 g/mol. The van der Waals surface area contributed by atoms with Crippen LogP contribution in [0.2, 0.25) is 0 Å². The molecule has 1 amide bonds. The molecule has 8 rings (SSSR count). The zero-order valence-electron chi connectivity index (χ0n) is 28.4. The molecule has 0 radical (unpaired) electrons. The fourth-order valence-electron chi connectivity index (χ4n) is 8.68. The lowest BCUT2D eigenvalue weighted by molar-refractivity contribution is 0.0816. The fourth-order valence-corrected chi connectivity index (χ4v) is 8.68. The molecule has 0 aromatic heterocycles. The van der Waals surface area contributed by atoms with Crippen molar-refractivity contribution in [2.45, 2.75) is 44.2 Å². The summed E-state index contributed by atoms with van der Waals surface area (Å²) in [5.74, 6) is 1.26. The van der Waals surface area contributed by atoms with E-state index in [-0.39, 0.29) is 35.4 Å². The number of carbonyl (C=O) groups is 1. The maximum atomic E-state index is 16.1. The van der Waals surface area contributed by atoms with E-state index in [4.69, 9.17) is 4.74 Å². The van der Waals surface area contributed by atoms with E-state index in [9.17, 15) is 9.90 Å². The molecule has 0 saturated carbocycles. The first kappa shape index (κ1) is 31.7. The van der Waals surface area contributed by atoms with Crippen LogP contribution in [0.4, 0.5) is 15.8 Å². The van der Waals surface area contributed by atoms with Crippen molar-refractivity contribution in [1.82, 2.24) is 9.80 Å². The van der Waals surface area contributed by atoms with Crippen LogP contribution in [0.15, 0.2) is 84.9 Å². The van der Waals surface area contributed by atoms with E-state index in [1.807, 2.05) is 43.4 Å². The number of piperidine rings is 1. The van der Waals surface area contributed by atoms with Crippen LogP contribution in [0, 0.1) is 11.7 Å². The Balaban J connectivity index is 0.904. The predicted octanol–water partition coefficient (Wildman–Crippen LogP) is 6.85. The summed E-state index contributed by atoms with van der Waals surface area (Å²) in [7, 11) is 1.86. The highest BCUT2D eigenvalue weighted by atomic mass is 19.1. The third-order valence-electron chi connectivity index (χ3n) is 11.3. The van der Waals surface area contributed by atoms with E-state index in [2.05, 4.69) is 52.0 Å². The Labute approximate surface area is 288 Å². The summed E-state index contributed by atoms with van der Waals surface area (Å²) >= 11 is 0. The number of halogens is 1. The zero-order chi connectivity index (χ0) is 33.6. The first-order valence-electron chi connectivity index (χ1n) is 17.8. The number of fused-ring (bicyclic) bond motifs is 2. The highest BCUT2D eigenvalue weighted by Gasteiger charge is 2.39. The van der Waals surface area contributed by atoms with E-state index in [0.29, 0.717) is 23.9 Å². The average molecular weight is 661 g/mol. The first-order valence-corrected chi connectivity index (χ1v) is 17.8. The van der Waals surface area contributed by atoms with Crippen molar-refractivity contribution in [3.05, 3.63) is 119 Å². The number of hydrogen-bond donors (Lipinski definition) is 1. The fraction of sp³-hybridized carbons (Fsp3) is 0.390. The molecule has 0 unspecified atom stereocenters. The smallest absolute Gasteiger partial charge is 0.254 e. The zero-order valence-corrected chi connectivity index (χ0v) is 28.4. The number of ether oxygens (including phenoxy) is 1. The van der Waals surface area contributed by atoms with Crippen molar-refractivity contribution in [1.29, 1.82) is 0 Å². The van der Waals surface area contributed by atoms with Crippen LogP contribution in [-0.2, 0) is 6.54 Å². The Morgan fingerprint density at radius 2 is 1.61 bits per heavy atom. The number of nitrogens with zero attached hydrogens (tertiary/aromatic N) is 4. The number of aromatic hydroxyl groups is 1. The molecular weight excluding hydrogens is 615 g/mol. The summed E-state index contributed by atoms with van der Waals surface area (Å²) in [5.41, 5.74) is 6.91. The lowest BCUT2D eigenvalue weighted by Gasteiger charge is -2.40. The van der Waals surface area contributed by atoms with Gasteiger partial charge in [-0.05, 0) is 78.8 Å². The van der Waals surface area contributed by atoms with Crippen molar-refractivity contribution < 1.29 is 19.0 Å². The normalized spacial score (nSPS) is 23.0. The molecule has 7 nitrogen and oxygen atoms in total. The molecule has 8 heteroatoms. The van der Waals surface area contributed by atoms with Gasteiger partial charge in [-0.2, -0.15) is 0 Å². The SMILES string of the molecule is C[C@H]1Oc2cc(O)ccc2[C@@H](c2ccc(N3CCC(CN4CCN(c5ccc6c(c5)CN(C)C6=O)CC4)CC3)c(F)c2)[C@H]1c1ccccc1. The number of benzene rings is 4. The third kappa shape index (κ3) is 6.12. The lowest BCUT2D eigenvalue weighted by Crippen LogP contribution is -2.49. The Bertz CT molecular complexity index is 1830. The quantitative estimate of drug-likeness (QED) is 0.244. The molecule has 0 bridgehead atoms. The third-order valence-corrected chi connectivity index (χ3v) is 11.3. The molecule has 49 heavy (non-hydrogen) atoms. The van der Waals surface area contributed by atoms with Gasteiger partial charge in [0.2, 0.25) is 0 Å². The van der Waals surface area contributed by atoms with E-state index in [0.717, 1.165) is 86.5 Å². The van der Waals surface area contributed by atoms with Crippen LogP contribution < -0.4 is 14.5 Å². The molecule has 4 aliphatic rings. The number of rotatable bonds is 6. The molecule has 4 heterocycles. The molecular formula is C41H45FN4O3. The molecule has 4 aromatic rings. The number of hydrogen-bond acceptors (Lipinski definition) is 6. The summed E-state index contributed by atoms with van der Waals surface area (Å²) in [5, 5.41) is 10.2. The van der Waals surface area contributed by atoms with Gasteiger partial charge in [-0.3, -0.25) is 9.69 Å². The molecule has 3 atom stereocenters. The summed E-state index contributed by atoms with van der Waals surface area (Å²) in [6.07, 6.45) is 1.95. The topological polar surface area (TPSA) is 59.5 Å². The molecule has 1 N–H and O–H groups in total. The summed E-state index contributed by atoms with van der Waals surface area (Å²) in [6, 6.07) is 27.7. The van der Waals surface area contributed by atoms with Crippen LogP contribution in [0.25, 0.3) is 0 Å². The van der Waals surface area contributed by atoms with Gasteiger partial charge in [0, 0.05) is 94.1 Å². The minimum Gasteiger partial charge on any atom is -0.508 e. The van der Waals surface area contributed by atoms with E-state index >= 15 is 4.39 Å². The Morgan fingerprint density at radius 1 is 0.837 bits per heavy atom. The van der Waals surface area contributed by atoms with Gasteiger partial charge in [0.05, 0.1) is 5.69 Å². The molecule has 254 valence electrons. The Hall–Kier alpha value is -4.56. The number of piperazine rings is 1. The Kier molecular flexibility index (Phi) is 8.44. The average Bonchev–Trinajstić information content (AvgIpc) is 3.40. The number of amides is 1. The molecule has 4 aromatic carbocycles. The standard InChI is InChI=1S/C41H45FN4O3/c1-27-39(29-6-4-3-5-7-29)40(35-12-10-33(47)24-38(35)49-27)30-8-13-37(36(42)23-30)46-16-14-28(15-17-46)25-44-18-20-45(21-19-44)32-9-11-34-31(22-32)26-43(2)41(34)48/h3-13,22-24,27-28,39-40,47H,14-21,25-26H2,1-2H3/t27-,39-,40-/m1/s1. The van der Waals surface area contributed by atoms with Crippen molar-refractivity contribution >= 4 is 17.3 Å². The maximum Gasteiger partial charge on any atom is 0.254 e. The second kappa shape index (κ2) is 13.0. The van der Waals surface area contributed by atoms with Crippen molar-refractivity contribution in [2.75, 3.05) is 62.7 Å². The second-order valence-corrected chi connectivity index (χ2v) is 14.4. The molecule has 2 fully saturated rings. The van der Waals surface area contributed by atoms with E-state index in [1.54, 1.807) is 23.1 Å². The number of phenols is 1. The Morgan fingerprint density at radius 3 is 2.37 bits per heavy atom. The largest absolute Gasteiger partial charge is 0.508 e. The first-order chi connectivity index (χ1) is 23.8. The van der Waals surface area contributed by atoms with Gasteiger partial charge in [0.15, 0.2) is 0 Å². The molecule has 0 aliphatic carbocycles. The molecule has 2 saturated heterocycles. The number of carbonyl (C=O) groups excluding carboxylic acids is 1. The van der Waals surface area contributed by atoms with Crippen LogP contribution in [0.3, 0.4) is 0 Å². The van der Waals surface area contributed by atoms with Crippen LogP contribution in [-0.4, -0.2) is 79.8 Å². The van der Waals surface area contributed by atoms with Crippen molar-refractivity contribution in [2.24, 2.45) is 5.92 Å². The van der Waals surface area contributed by atoms with Gasteiger partial charge in [-0.25, -0.2) is 4.39 Å². The minimum absolute atomic E-state index is 0.00203. The van der Waals surface area contributed by atoms with Crippen molar-refractivity contribution in [3.8, 4) is 11.5 Å². The minimum atomic E-state index is -0.180. The highest BCUT2D eigenvalue weighted by molar-refractivity contribution is 5.98. The van der Waals surface area contributed by atoms with Gasteiger partial charge in [-0.15, -0.1) is 0 Å². The van der Waals surface area contributed by atoms with Gasteiger partial charge in [0.1, 0.15) is 23.4 Å². The van der Waals surface area contributed by atoms with Crippen LogP contribution in [0.1, 0.15) is 64.2 Å². The van der Waals surface area contributed by atoms with Gasteiger partial charge in [0.25, 0.3) is 5.91 Å². The van der Waals surface area contributed by atoms with Gasteiger partial charge in [-0.1, -0.05) is 42.5 Å². The lowest BCUT2D eigenvalue weighted by atomic mass is 9.73.